The molecule has 0 saturated heterocycles. The lowest BCUT2D eigenvalue weighted by Crippen LogP contribution is -2.30. The number of aromatic nitrogens is 1. The lowest BCUT2D eigenvalue weighted by molar-refractivity contribution is 0.0988. The van der Waals surface area contributed by atoms with Crippen LogP contribution in [0.15, 0.2) is 42.7 Å². The Balaban J connectivity index is 2.33. The summed E-state index contributed by atoms with van der Waals surface area (Å²) in [6, 6.07) is 8.48. The molecule has 0 unspecified atom stereocenters. The van der Waals surface area contributed by atoms with E-state index in [1.807, 2.05) is 6.92 Å². The molecule has 2 rings (SSSR count). The number of nitrogen functional groups attached to an aromatic ring is 1. The van der Waals surface area contributed by atoms with Crippen molar-refractivity contribution in [2.75, 3.05) is 17.2 Å². The smallest absolute Gasteiger partial charge is 0.258 e. The molecule has 2 aromatic rings. The summed E-state index contributed by atoms with van der Waals surface area (Å²) < 4.78 is 0. The largest absolute Gasteiger partial charge is 0.398 e. The van der Waals surface area contributed by atoms with Gasteiger partial charge in [-0.2, -0.15) is 0 Å². The Morgan fingerprint density at radius 3 is 2.58 bits per heavy atom. The Hall–Kier alpha value is -2.07. The zero-order chi connectivity index (χ0) is 13.8. The summed E-state index contributed by atoms with van der Waals surface area (Å²) in [5.41, 5.74) is 7.42. The Labute approximate surface area is 116 Å². The SMILES string of the molecule is CCN(C(=O)c1ccc(N)c(Cl)c1)c1ccncc1. The molecule has 98 valence electrons. The van der Waals surface area contributed by atoms with E-state index in [1.165, 1.54) is 0 Å². The summed E-state index contributed by atoms with van der Waals surface area (Å²) in [4.78, 5) is 18.0. The molecule has 0 aliphatic carbocycles. The zero-order valence-corrected chi connectivity index (χ0v) is 11.3. The highest BCUT2D eigenvalue weighted by Gasteiger charge is 2.16. The number of carbonyl (C=O) groups excluding carboxylic acids is 1. The zero-order valence-electron chi connectivity index (χ0n) is 10.5. The Kier molecular flexibility index (Phi) is 4.02. The van der Waals surface area contributed by atoms with Gasteiger partial charge in [0.05, 0.1) is 10.7 Å². The van der Waals surface area contributed by atoms with E-state index in [2.05, 4.69) is 4.98 Å². The molecular formula is C14H14ClN3O. The Morgan fingerprint density at radius 2 is 2.00 bits per heavy atom. The van der Waals surface area contributed by atoms with Crippen molar-refractivity contribution in [1.29, 1.82) is 0 Å². The van der Waals surface area contributed by atoms with Gasteiger partial charge in [0.15, 0.2) is 0 Å². The van der Waals surface area contributed by atoms with Gasteiger partial charge in [-0.3, -0.25) is 9.78 Å². The molecule has 0 fully saturated rings. The number of carbonyl (C=O) groups is 1. The summed E-state index contributed by atoms with van der Waals surface area (Å²) in [7, 11) is 0. The molecule has 0 aliphatic heterocycles. The fourth-order valence-corrected chi connectivity index (χ4v) is 1.96. The maximum Gasteiger partial charge on any atom is 0.258 e. The van der Waals surface area contributed by atoms with E-state index in [0.717, 1.165) is 5.69 Å². The lowest BCUT2D eigenvalue weighted by Gasteiger charge is -2.21. The third-order valence-electron chi connectivity index (χ3n) is 2.78. The van der Waals surface area contributed by atoms with Crippen LogP contribution in [0.3, 0.4) is 0 Å². The first kappa shape index (κ1) is 13.4. The molecule has 2 N–H and O–H groups in total. The van der Waals surface area contributed by atoms with Crippen LogP contribution in [0.1, 0.15) is 17.3 Å². The average molecular weight is 276 g/mol. The number of hydrogen-bond donors (Lipinski definition) is 1. The number of benzene rings is 1. The summed E-state index contributed by atoms with van der Waals surface area (Å²) in [6.07, 6.45) is 3.31. The minimum atomic E-state index is -0.115. The van der Waals surface area contributed by atoms with Crippen molar-refractivity contribution in [1.82, 2.24) is 4.98 Å². The van der Waals surface area contributed by atoms with Crippen molar-refractivity contribution >= 4 is 28.9 Å². The van der Waals surface area contributed by atoms with Crippen LogP contribution in [0, 0.1) is 0 Å². The second-order valence-corrected chi connectivity index (χ2v) is 4.40. The third-order valence-corrected chi connectivity index (χ3v) is 3.11. The molecule has 0 saturated carbocycles. The van der Waals surface area contributed by atoms with E-state index in [0.29, 0.717) is 22.8 Å². The molecule has 0 atom stereocenters. The molecule has 1 heterocycles. The summed E-state index contributed by atoms with van der Waals surface area (Å²) >= 11 is 5.95. The minimum Gasteiger partial charge on any atom is -0.398 e. The van der Waals surface area contributed by atoms with E-state index in [-0.39, 0.29) is 5.91 Å². The first-order valence-corrected chi connectivity index (χ1v) is 6.28. The maximum atomic E-state index is 12.4. The van der Waals surface area contributed by atoms with E-state index >= 15 is 0 Å². The predicted octanol–water partition coefficient (Wildman–Crippen LogP) is 2.98. The van der Waals surface area contributed by atoms with Crippen LogP contribution in [0.5, 0.6) is 0 Å². The van der Waals surface area contributed by atoms with Gasteiger partial charge in [0.2, 0.25) is 0 Å². The summed E-state index contributed by atoms with van der Waals surface area (Å²) in [5, 5.41) is 0.386. The van der Waals surface area contributed by atoms with E-state index in [9.17, 15) is 4.79 Å². The van der Waals surface area contributed by atoms with Crippen LogP contribution in [-0.2, 0) is 0 Å². The highest BCUT2D eigenvalue weighted by atomic mass is 35.5. The first-order chi connectivity index (χ1) is 9.13. The van der Waals surface area contributed by atoms with Crippen LogP contribution in [-0.4, -0.2) is 17.4 Å². The van der Waals surface area contributed by atoms with Crippen LogP contribution in [0.4, 0.5) is 11.4 Å². The molecule has 0 bridgehead atoms. The Bertz CT molecular complexity index is 586. The molecule has 5 heteroatoms. The molecule has 1 aromatic carbocycles. The molecule has 1 amide bonds. The highest BCUT2D eigenvalue weighted by Crippen LogP contribution is 2.22. The van der Waals surface area contributed by atoms with Crippen molar-refractivity contribution < 1.29 is 4.79 Å². The first-order valence-electron chi connectivity index (χ1n) is 5.90. The topological polar surface area (TPSA) is 59.2 Å². The van der Waals surface area contributed by atoms with Gasteiger partial charge in [-0.25, -0.2) is 0 Å². The predicted molar refractivity (Wildman–Crippen MR) is 77.5 cm³/mol. The molecule has 0 radical (unpaired) electrons. The van der Waals surface area contributed by atoms with Gasteiger partial charge in [-0.1, -0.05) is 11.6 Å². The number of anilines is 2. The van der Waals surface area contributed by atoms with Crippen molar-refractivity contribution in [2.45, 2.75) is 6.92 Å². The molecular weight excluding hydrogens is 262 g/mol. The van der Waals surface area contributed by atoms with Crippen molar-refractivity contribution in [2.24, 2.45) is 0 Å². The monoisotopic (exact) mass is 275 g/mol. The van der Waals surface area contributed by atoms with Gasteiger partial charge in [-0.15, -0.1) is 0 Å². The number of halogens is 1. The van der Waals surface area contributed by atoms with Gasteiger partial charge < -0.3 is 10.6 Å². The van der Waals surface area contributed by atoms with Crippen LogP contribution in [0.2, 0.25) is 5.02 Å². The van der Waals surface area contributed by atoms with E-state index < -0.39 is 0 Å². The van der Waals surface area contributed by atoms with Gasteiger partial charge in [0.25, 0.3) is 5.91 Å². The lowest BCUT2D eigenvalue weighted by atomic mass is 10.1. The number of amides is 1. The van der Waals surface area contributed by atoms with Crippen LogP contribution in [0.25, 0.3) is 0 Å². The average Bonchev–Trinajstić information content (AvgIpc) is 2.44. The van der Waals surface area contributed by atoms with Crippen LogP contribution >= 0.6 is 11.6 Å². The number of hydrogen-bond acceptors (Lipinski definition) is 3. The van der Waals surface area contributed by atoms with Crippen LogP contribution < -0.4 is 10.6 Å². The standard InChI is InChI=1S/C14H14ClN3O/c1-2-18(11-5-7-17-8-6-11)14(19)10-3-4-13(16)12(15)9-10/h3-9H,2,16H2,1H3. The molecule has 0 aliphatic rings. The second kappa shape index (κ2) is 5.71. The number of rotatable bonds is 3. The second-order valence-electron chi connectivity index (χ2n) is 3.99. The molecule has 1 aromatic heterocycles. The van der Waals surface area contributed by atoms with Crippen molar-refractivity contribution in [3.63, 3.8) is 0 Å². The van der Waals surface area contributed by atoms with Crippen molar-refractivity contribution in [3.8, 4) is 0 Å². The number of nitrogens with two attached hydrogens (primary N) is 1. The quantitative estimate of drug-likeness (QED) is 0.876. The third kappa shape index (κ3) is 2.85. The van der Waals surface area contributed by atoms with E-state index in [1.54, 1.807) is 47.6 Å². The van der Waals surface area contributed by atoms with Gasteiger partial charge in [0, 0.05) is 30.2 Å². The van der Waals surface area contributed by atoms with Gasteiger partial charge >= 0.3 is 0 Å². The summed E-state index contributed by atoms with van der Waals surface area (Å²) in [6.45, 7) is 2.47. The molecule has 19 heavy (non-hydrogen) atoms. The molecule has 0 spiro atoms. The Morgan fingerprint density at radius 1 is 1.32 bits per heavy atom. The fraction of sp³-hybridized carbons (Fsp3) is 0.143. The van der Waals surface area contributed by atoms with Gasteiger partial charge in [-0.05, 0) is 37.3 Å². The fourth-order valence-electron chi connectivity index (χ4n) is 1.78. The van der Waals surface area contributed by atoms with Gasteiger partial charge in [0.1, 0.15) is 0 Å². The molecule has 4 nitrogen and oxygen atoms in total. The van der Waals surface area contributed by atoms with E-state index in [4.69, 9.17) is 17.3 Å². The summed E-state index contributed by atoms with van der Waals surface area (Å²) in [5.74, 6) is -0.115. The minimum absolute atomic E-state index is 0.115. The number of nitrogens with zero attached hydrogens (tertiary/aromatic N) is 2. The van der Waals surface area contributed by atoms with Crippen molar-refractivity contribution in [3.05, 3.63) is 53.3 Å². The highest BCUT2D eigenvalue weighted by molar-refractivity contribution is 6.33. The maximum absolute atomic E-state index is 12.4. The number of pyridine rings is 1. The normalized spacial score (nSPS) is 10.2.